The molecule has 1 aromatic carbocycles. The molecular formula is C14H16BrNO3S. The SMILES string of the molecule is CS(=O)(=O)CCCC(O)c1ccc(Br)c2cccnc12. The summed E-state index contributed by atoms with van der Waals surface area (Å²) in [7, 11) is -2.99. The van der Waals surface area contributed by atoms with Crippen molar-refractivity contribution in [3.8, 4) is 0 Å². The second kappa shape index (κ2) is 6.20. The van der Waals surface area contributed by atoms with E-state index in [4.69, 9.17) is 0 Å². The fourth-order valence-corrected chi connectivity index (χ4v) is 3.27. The zero-order chi connectivity index (χ0) is 14.8. The first-order valence-corrected chi connectivity index (χ1v) is 9.13. The molecule has 4 nitrogen and oxygen atoms in total. The van der Waals surface area contributed by atoms with Gasteiger partial charge in [-0.3, -0.25) is 4.98 Å². The van der Waals surface area contributed by atoms with E-state index in [2.05, 4.69) is 20.9 Å². The van der Waals surface area contributed by atoms with Crippen LogP contribution >= 0.6 is 15.9 Å². The number of sulfone groups is 1. The molecule has 0 spiro atoms. The monoisotopic (exact) mass is 357 g/mol. The van der Waals surface area contributed by atoms with Gasteiger partial charge in [0.05, 0.1) is 11.6 Å². The number of hydrogen-bond acceptors (Lipinski definition) is 4. The van der Waals surface area contributed by atoms with Gasteiger partial charge in [-0.25, -0.2) is 8.42 Å². The highest BCUT2D eigenvalue weighted by Crippen LogP contribution is 2.30. The lowest BCUT2D eigenvalue weighted by atomic mass is 10.0. The normalized spacial score (nSPS) is 13.6. The lowest BCUT2D eigenvalue weighted by Crippen LogP contribution is -2.06. The third-order valence-electron chi connectivity index (χ3n) is 3.10. The Labute approximate surface area is 126 Å². The molecule has 2 aromatic rings. The van der Waals surface area contributed by atoms with Crippen LogP contribution in [0.4, 0.5) is 0 Å². The Bertz CT molecular complexity index is 715. The van der Waals surface area contributed by atoms with Crippen molar-refractivity contribution in [1.82, 2.24) is 4.98 Å². The maximum absolute atomic E-state index is 11.1. The van der Waals surface area contributed by atoms with Crippen LogP contribution in [0.15, 0.2) is 34.9 Å². The van der Waals surface area contributed by atoms with Gasteiger partial charge in [-0.15, -0.1) is 0 Å². The fourth-order valence-electron chi connectivity index (χ4n) is 2.12. The second-order valence-electron chi connectivity index (χ2n) is 4.82. The number of rotatable bonds is 5. The number of nitrogens with zero attached hydrogens (tertiary/aromatic N) is 1. The number of aliphatic hydroxyl groups excluding tert-OH is 1. The number of fused-ring (bicyclic) bond motifs is 1. The summed E-state index contributed by atoms with van der Waals surface area (Å²) in [4.78, 5) is 4.31. The van der Waals surface area contributed by atoms with Crippen molar-refractivity contribution in [2.75, 3.05) is 12.0 Å². The topological polar surface area (TPSA) is 67.3 Å². The molecule has 0 aliphatic heterocycles. The van der Waals surface area contributed by atoms with Crippen molar-refractivity contribution >= 4 is 36.7 Å². The number of halogens is 1. The van der Waals surface area contributed by atoms with Crippen LogP contribution in [-0.4, -0.2) is 30.5 Å². The van der Waals surface area contributed by atoms with Crippen molar-refractivity contribution in [1.29, 1.82) is 0 Å². The molecule has 0 bridgehead atoms. The van der Waals surface area contributed by atoms with E-state index in [1.54, 1.807) is 6.20 Å². The Hall–Kier alpha value is -0.980. The zero-order valence-electron chi connectivity index (χ0n) is 11.1. The highest BCUT2D eigenvalue weighted by molar-refractivity contribution is 9.10. The summed E-state index contributed by atoms with van der Waals surface area (Å²) in [5.41, 5.74) is 1.48. The first-order chi connectivity index (χ1) is 9.38. The summed E-state index contributed by atoms with van der Waals surface area (Å²) in [5, 5.41) is 11.2. The number of aliphatic hydroxyl groups is 1. The summed E-state index contributed by atoms with van der Waals surface area (Å²) in [5.74, 6) is 0.0892. The van der Waals surface area contributed by atoms with E-state index in [9.17, 15) is 13.5 Å². The minimum Gasteiger partial charge on any atom is -0.388 e. The average Bonchev–Trinajstić information content (AvgIpc) is 2.38. The van der Waals surface area contributed by atoms with Gasteiger partial charge in [0.15, 0.2) is 0 Å². The van der Waals surface area contributed by atoms with Gasteiger partial charge < -0.3 is 5.11 Å². The smallest absolute Gasteiger partial charge is 0.147 e. The molecule has 0 amide bonds. The van der Waals surface area contributed by atoms with Crippen LogP contribution in [0.1, 0.15) is 24.5 Å². The predicted octanol–water partition coefficient (Wildman–Crippen LogP) is 2.86. The van der Waals surface area contributed by atoms with Crippen LogP contribution in [0, 0.1) is 0 Å². The molecule has 0 fully saturated rings. The summed E-state index contributed by atoms with van der Waals surface area (Å²) >= 11 is 3.46. The van der Waals surface area contributed by atoms with E-state index >= 15 is 0 Å². The Balaban J connectivity index is 2.22. The van der Waals surface area contributed by atoms with Crippen LogP contribution in [0.3, 0.4) is 0 Å². The van der Waals surface area contributed by atoms with Gasteiger partial charge in [-0.05, 0) is 25.0 Å². The molecule has 0 radical (unpaired) electrons. The molecule has 1 aromatic heterocycles. The van der Waals surface area contributed by atoms with E-state index in [0.29, 0.717) is 12.8 Å². The number of benzene rings is 1. The third kappa shape index (κ3) is 3.77. The van der Waals surface area contributed by atoms with Crippen LogP contribution in [0.25, 0.3) is 10.9 Å². The van der Waals surface area contributed by atoms with Gasteiger partial charge in [0.1, 0.15) is 9.84 Å². The molecule has 0 aliphatic rings. The highest BCUT2D eigenvalue weighted by atomic mass is 79.9. The maximum atomic E-state index is 11.1. The molecule has 1 unspecified atom stereocenters. The minimum absolute atomic E-state index is 0.0892. The minimum atomic E-state index is -2.99. The zero-order valence-corrected chi connectivity index (χ0v) is 13.5. The molecule has 1 atom stereocenters. The van der Waals surface area contributed by atoms with Crippen molar-refractivity contribution < 1.29 is 13.5 Å². The van der Waals surface area contributed by atoms with Crippen LogP contribution in [-0.2, 0) is 9.84 Å². The van der Waals surface area contributed by atoms with Gasteiger partial charge in [0.2, 0.25) is 0 Å². The Morgan fingerprint density at radius 1 is 1.35 bits per heavy atom. The van der Waals surface area contributed by atoms with Crippen molar-refractivity contribution in [2.45, 2.75) is 18.9 Å². The van der Waals surface area contributed by atoms with Crippen molar-refractivity contribution in [3.05, 3.63) is 40.5 Å². The molecule has 0 saturated heterocycles. The van der Waals surface area contributed by atoms with Gasteiger partial charge >= 0.3 is 0 Å². The molecule has 0 saturated carbocycles. The molecule has 6 heteroatoms. The van der Waals surface area contributed by atoms with E-state index < -0.39 is 15.9 Å². The maximum Gasteiger partial charge on any atom is 0.147 e. The quantitative estimate of drug-likeness (QED) is 0.893. The van der Waals surface area contributed by atoms with E-state index in [-0.39, 0.29) is 5.75 Å². The first-order valence-electron chi connectivity index (χ1n) is 6.27. The predicted molar refractivity (Wildman–Crippen MR) is 83.3 cm³/mol. The van der Waals surface area contributed by atoms with Crippen molar-refractivity contribution in [3.63, 3.8) is 0 Å². The fraction of sp³-hybridized carbons (Fsp3) is 0.357. The summed E-state index contributed by atoms with van der Waals surface area (Å²) in [6.45, 7) is 0. The molecule has 108 valence electrons. The average molecular weight is 358 g/mol. The molecule has 0 aliphatic carbocycles. The highest BCUT2D eigenvalue weighted by Gasteiger charge is 2.14. The van der Waals surface area contributed by atoms with Gasteiger partial charge in [-0.2, -0.15) is 0 Å². The number of hydrogen-bond donors (Lipinski definition) is 1. The molecule has 2 rings (SSSR count). The molecular weight excluding hydrogens is 342 g/mol. The standard InChI is InChI=1S/C14H16BrNO3S/c1-20(18,19)9-3-5-13(17)11-6-7-12(15)10-4-2-8-16-14(10)11/h2,4,6-8,13,17H,3,5,9H2,1H3. The largest absolute Gasteiger partial charge is 0.388 e. The molecule has 1 heterocycles. The van der Waals surface area contributed by atoms with Gasteiger partial charge in [0, 0.05) is 33.6 Å². The Morgan fingerprint density at radius 3 is 2.80 bits per heavy atom. The Kier molecular flexibility index (Phi) is 4.78. The van der Waals surface area contributed by atoms with Gasteiger partial charge in [0.25, 0.3) is 0 Å². The first kappa shape index (κ1) is 15.4. The molecule has 20 heavy (non-hydrogen) atoms. The second-order valence-corrected chi connectivity index (χ2v) is 7.94. The van der Waals surface area contributed by atoms with Gasteiger partial charge in [-0.1, -0.05) is 28.1 Å². The van der Waals surface area contributed by atoms with E-state index in [1.165, 1.54) is 6.26 Å². The lowest BCUT2D eigenvalue weighted by molar-refractivity contribution is 0.168. The van der Waals surface area contributed by atoms with Crippen molar-refractivity contribution in [2.24, 2.45) is 0 Å². The molecule has 1 N–H and O–H groups in total. The van der Waals surface area contributed by atoms with E-state index in [0.717, 1.165) is 20.9 Å². The van der Waals surface area contributed by atoms with Crippen LogP contribution in [0.2, 0.25) is 0 Å². The Morgan fingerprint density at radius 2 is 2.10 bits per heavy atom. The van der Waals surface area contributed by atoms with Crippen LogP contribution < -0.4 is 0 Å². The summed E-state index contributed by atoms with van der Waals surface area (Å²) in [6, 6.07) is 7.47. The summed E-state index contributed by atoms with van der Waals surface area (Å²) < 4.78 is 23.1. The lowest BCUT2D eigenvalue weighted by Gasteiger charge is -2.13. The number of aromatic nitrogens is 1. The third-order valence-corrected chi connectivity index (χ3v) is 4.82. The number of pyridine rings is 1. The van der Waals surface area contributed by atoms with Crippen LogP contribution in [0.5, 0.6) is 0 Å². The summed E-state index contributed by atoms with van der Waals surface area (Å²) in [6.07, 6.45) is 3.02. The van der Waals surface area contributed by atoms with E-state index in [1.807, 2.05) is 24.3 Å².